The lowest BCUT2D eigenvalue weighted by atomic mass is 10.0. The first kappa shape index (κ1) is 15.6. The topological polar surface area (TPSA) is 54.5 Å². The lowest BCUT2D eigenvalue weighted by Crippen LogP contribution is -2.37. The van der Waals surface area contributed by atoms with Gasteiger partial charge in [-0.05, 0) is 30.5 Å². The molecule has 0 N–H and O–H groups in total. The van der Waals surface area contributed by atoms with E-state index in [0.29, 0.717) is 22.9 Å². The van der Waals surface area contributed by atoms with E-state index in [9.17, 15) is 13.2 Å². The molecule has 1 aromatic carbocycles. The van der Waals surface area contributed by atoms with Crippen LogP contribution in [0.15, 0.2) is 18.2 Å². The number of sulfonamides is 1. The fourth-order valence-electron chi connectivity index (χ4n) is 2.24. The fraction of sp³-hybridized carbons (Fsp3) is 0.462. The van der Waals surface area contributed by atoms with E-state index in [1.165, 1.54) is 0 Å². The van der Waals surface area contributed by atoms with Crippen LogP contribution < -0.4 is 0 Å². The van der Waals surface area contributed by atoms with Crippen molar-refractivity contribution >= 4 is 39.1 Å². The molecule has 1 heterocycles. The molecule has 1 saturated heterocycles. The summed E-state index contributed by atoms with van der Waals surface area (Å²) < 4.78 is 24.5. The van der Waals surface area contributed by atoms with E-state index in [1.54, 1.807) is 25.1 Å². The standard InChI is InChI=1S/C13H15Cl2NO3S/c1-9(7-10-3-4-11(14)8-12(10)15)13(17)16-5-2-6-20(16,18)19/h3-4,8-9H,2,5-7H2,1H3. The minimum Gasteiger partial charge on any atom is -0.273 e. The van der Waals surface area contributed by atoms with Crippen molar-refractivity contribution in [2.75, 3.05) is 12.3 Å². The van der Waals surface area contributed by atoms with Gasteiger partial charge in [-0.1, -0.05) is 36.2 Å². The third-order valence-corrected chi connectivity index (χ3v) is 5.73. The lowest BCUT2D eigenvalue weighted by molar-refractivity contribution is -0.129. The van der Waals surface area contributed by atoms with E-state index >= 15 is 0 Å². The zero-order valence-electron chi connectivity index (χ0n) is 11.0. The normalized spacial score (nSPS) is 19.1. The van der Waals surface area contributed by atoms with Crippen molar-refractivity contribution in [3.05, 3.63) is 33.8 Å². The van der Waals surface area contributed by atoms with Crippen LogP contribution in [0.2, 0.25) is 10.0 Å². The Morgan fingerprint density at radius 2 is 2.10 bits per heavy atom. The Hall–Kier alpha value is -0.780. The molecule has 0 radical (unpaired) electrons. The van der Waals surface area contributed by atoms with Gasteiger partial charge in [0.15, 0.2) is 0 Å². The summed E-state index contributed by atoms with van der Waals surface area (Å²) in [7, 11) is -3.41. The molecule has 0 spiro atoms. The van der Waals surface area contributed by atoms with Crippen molar-refractivity contribution in [3.63, 3.8) is 0 Å². The van der Waals surface area contributed by atoms with Crippen LogP contribution >= 0.6 is 23.2 Å². The molecule has 2 rings (SSSR count). The minimum atomic E-state index is -3.41. The van der Waals surface area contributed by atoms with Gasteiger partial charge >= 0.3 is 0 Å². The Kier molecular flexibility index (Phi) is 4.62. The number of benzene rings is 1. The Morgan fingerprint density at radius 1 is 1.40 bits per heavy atom. The van der Waals surface area contributed by atoms with Crippen LogP contribution in [0, 0.1) is 5.92 Å². The minimum absolute atomic E-state index is 0.0488. The van der Waals surface area contributed by atoms with Crippen LogP contribution in [0.4, 0.5) is 0 Å². The summed E-state index contributed by atoms with van der Waals surface area (Å²) >= 11 is 11.9. The van der Waals surface area contributed by atoms with Gasteiger partial charge in [-0.15, -0.1) is 0 Å². The Morgan fingerprint density at radius 3 is 2.65 bits per heavy atom. The predicted molar refractivity (Wildman–Crippen MR) is 79.4 cm³/mol. The molecule has 1 aromatic rings. The van der Waals surface area contributed by atoms with Gasteiger partial charge < -0.3 is 0 Å². The number of hydrogen-bond acceptors (Lipinski definition) is 3. The number of halogens is 2. The number of carbonyl (C=O) groups excluding carboxylic acids is 1. The highest BCUT2D eigenvalue weighted by Gasteiger charge is 2.34. The van der Waals surface area contributed by atoms with E-state index < -0.39 is 15.9 Å². The van der Waals surface area contributed by atoms with Crippen molar-refractivity contribution in [3.8, 4) is 0 Å². The SMILES string of the molecule is CC(Cc1ccc(Cl)cc1Cl)C(=O)N1CCCS1(=O)=O. The highest BCUT2D eigenvalue weighted by atomic mass is 35.5. The molecule has 4 nitrogen and oxygen atoms in total. The predicted octanol–water partition coefficient (Wildman–Crippen LogP) is 2.73. The van der Waals surface area contributed by atoms with Crippen molar-refractivity contribution in [2.45, 2.75) is 19.8 Å². The van der Waals surface area contributed by atoms with Gasteiger partial charge in [0, 0.05) is 22.5 Å². The molecule has 0 bridgehead atoms. The van der Waals surface area contributed by atoms with Crippen LogP contribution in [-0.2, 0) is 21.2 Å². The third-order valence-electron chi connectivity index (χ3n) is 3.31. The number of rotatable bonds is 3. The fourth-order valence-corrected chi connectivity index (χ4v) is 4.30. The van der Waals surface area contributed by atoms with Crippen molar-refractivity contribution in [1.29, 1.82) is 0 Å². The van der Waals surface area contributed by atoms with Crippen LogP contribution in [0.25, 0.3) is 0 Å². The van der Waals surface area contributed by atoms with Crippen molar-refractivity contribution < 1.29 is 13.2 Å². The molecule has 110 valence electrons. The van der Waals surface area contributed by atoms with E-state index in [1.807, 2.05) is 0 Å². The van der Waals surface area contributed by atoms with E-state index in [0.717, 1.165) is 9.87 Å². The molecular formula is C13H15Cl2NO3S. The first-order chi connectivity index (χ1) is 9.31. The van der Waals surface area contributed by atoms with Crippen LogP contribution in [0.5, 0.6) is 0 Å². The summed E-state index contributed by atoms with van der Waals surface area (Å²) in [5, 5.41) is 1.02. The average molecular weight is 336 g/mol. The molecule has 20 heavy (non-hydrogen) atoms. The number of amides is 1. The molecule has 0 saturated carbocycles. The maximum Gasteiger partial charge on any atom is 0.239 e. The van der Waals surface area contributed by atoms with Crippen LogP contribution in [0.3, 0.4) is 0 Å². The molecule has 0 aromatic heterocycles. The van der Waals surface area contributed by atoms with Crippen LogP contribution in [-0.4, -0.2) is 30.9 Å². The van der Waals surface area contributed by atoms with Gasteiger partial charge in [0.2, 0.25) is 15.9 Å². The Labute approximate surface area is 128 Å². The van der Waals surface area contributed by atoms with Crippen LogP contribution in [0.1, 0.15) is 18.9 Å². The maximum atomic E-state index is 12.2. The third kappa shape index (κ3) is 3.27. The maximum absolute atomic E-state index is 12.2. The zero-order valence-corrected chi connectivity index (χ0v) is 13.3. The lowest BCUT2D eigenvalue weighted by Gasteiger charge is -2.20. The van der Waals surface area contributed by atoms with Gasteiger partial charge in [-0.2, -0.15) is 0 Å². The van der Waals surface area contributed by atoms with Crippen molar-refractivity contribution in [2.24, 2.45) is 5.92 Å². The first-order valence-electron chi connectivity index (χ1n) is 6.29. The van der Waals surface area contributed by atoms with Gasteiger partial charge in [0.05, 0.1) is 5.75 Å². The second-order valence-electron chi connectivity index (χ2n) is 4.92. The molecule has 1 amide bonds. The smallest absolute Gasteiger partial charge is 0.239 e. The van der Waals surface area contributed by atoms with Crippen molar-refractivity contribution in [1.82, 2.24) is 4.31 Å². The highest BCUT2D eigenvalue weighted by Crippen LogP contribution is 2.25. The van der Waals surface area contributed by atoms with Gasteiger partial charge in [-0.25, -0.2) is 12.7 Å². The second kappa shape index (κ2) is 5.92. The van der Waals surface area contributed by atoms with Gasteiger partial charge in [0.1, 0.15) is 0 Å². The Balaban J connectivity index is 2.12. The number of carbonyl (C=O) groups is 1. The molecule has 1 atom stereocenters. The van der Waals surface area contributed by atoms with E-state index in [4.69, 9.17) is 23.2 Å². The summed E-state index contributed by atoms with van der Waals surface area (Å²) in [5.41, 5.74) is 0.786. The van der Waals surface area contributed by atoms with E-state index in [-0.39, 0.29) is 18.2 Å². The van der Waals surface area contributed by atoms with Gasteiger partial charge in [-0.3, -0.25) is 4.79 Å². The number of nitrogens with zero attached hydrogens (tertiary/aromatic N) is 1. The second-order valence-corrected chi connectivity index (χ2v) is 7.78. The summed E-state index contributed by atoms with van der Waals surface area (Å²) in [6, 6.07) is 5.07. The molecule has 1 unspecified atom stereocenters. The quantitative estimate of drug-likeness (QED) is 0.853. The monoisotopic (exact) mass is 335 g/mol. The summed E-state index contributed by atoms with van der Waals surface area (Å²) in [4.78, 5) is 12.2. The van der Waals surface area contributed by atoms with E-state index in [2.05, 4.69) is 0 Å². The molecule has 1 aliphatic heterocycles. The largest absolute Gasteiger partial charge is 0.273 e. The highest BCUT2D eigenvalue weighted by molar-refractivity contribution is 7.89. The average Bonchev–Trinajstić information content (AvgIpc) is 2.71. The first-order valence-corrected chi connectivity index (χ1v) is 8.66. The molecule has 1 fully saturated rings. The summed E-state index contributed by atoms with van der Waals surface area (Å²) in [6.07, 6.45) is 0.892. The zero-order chi connectivity index (χ0) is 14.9. The summed E-state index contributed by atoms with van der Waals surface area (Å²) in [6.45, 7) is 1.99. The molecule has 7 heteroatoms. The Bertz CT molecular complexity index is 631. The summed E-state index contributed by atoms with van der Waals surface area (Å²) in [5.74, 6) is -0.761. The molecule has 1 aliphatic rings. The molecular weight excluding hydrogens is 321 g/mol. The number of hydrogen-bond donors (Lipinski definition) is 0. The van der Waals surface area contributed by atoms with Gasteiger partial charge in [0.25, 0.3) is 0 Å². The molecule has 0 aliphatic carbocycles.